The second-order valence-corrected chi connectivity index (χ2v) is 20.4. The third-order valence-corrected chi connectivity index (χ3v) is 16.6. The fraction of sp³-hybridized carbons (Fsp3) is 0.531. The summed E-state index contributed by atoms with van der Waals surface area (Å²) in [5.41, 5.74) is -0.455. The number of fused-ring (bicyclic) bond motifs is 4. The zero-order valence-electron chi connectivity index (χ0n) is 26.1. The van der Waals surface area contributed by atoms with Crippen LogP contribution in [0.1, 0.15) is 49.9 Å². The van der Waals surface area contributed by atoms with Crippen LogP contribution >= 0.6 is 0 Å². The first-order valence-electron chi connectivity index (χ1n) is 14.8. The summed E-state index contributed by atoms with van der Waals surface area (Å²) in [6.07, 6.45) is 0.156. The van der Waals surface area contributed by atoms with Crippen molar-refractivity contribution in [3.8, 4) is 0 Å². The maximum absolute atomic E-state index is 14.2. The standard InChI is InChI=1S/C32H44N2O7SSi/c1-21-12-14-22(15-13-21)42(38,39)34-17-16-26-31(29(36)40-5,20-41-43(6,7)30(2,3)4)28-27(24(18-35)32(26,37)19-34)23-10-8-9-11-25(23)33-28/h8-15,24,26,33,35,37H,16-20H2,1-7H3/t24-,26-,31+,32-/m1/s1. The third-order valence-electron chi connectivity index (χ3n) is 10.3. The highest BCUT2D eigenvalue weighted by atomic mass is 32.2. The van der Waals surface area contributed by atoms with Crippen molar-refractivity contribution in [1.82, 2.24) is 9.29 Å². The Labute approximate surface area is 255 Å². The number of piperidine rings is 1. The molecule has 0 saturated carbocycles. The van der Waals surface area contributed by atoms with Gasteiger partial charge in [-0.1, -0.05) is 56.7 Å². The Morgan fingerprint density at radius 3 is 2.40 bits per heavy atom. The van der Waals surface area contributed by atoms with Crippen LogP contribution in [0.4, 0.5) is 0 Å². The number of sulfonamides is 1. The lowest BCUT2D eigenvalue weighted by Gasteiger charge is -2.57. The lowest BCUT2D eigenvalue weighted by atomic mass is 9.53. The van der Waals surface area contributed by atoms with Crippen molar-refractivity contribution in [1.29, 1.82) is 0 Å². The fourth-order valence-corrected chi connectivity index (χ4v) is 9.33. The van der Waals surface area contributed by atoms with E-state index in [1.807, 2.05) is 31.2 Å². The normalized spacial score (nSPS) is 26.6. The zero-order valence-corrected chi connectivity index (χ0v) is 27.9. The van der Waals surface area contributed by atoms with Crippen molar-refractivity contribution in [2.24, 2.45) is 5.92 Å². The summed E-state index contributed by atoms with van der Waals surface area (Å²) in [5, 5.41) is 24.3. The minimum absolute atomic E-state index is 0.0498. The molecule has 11 heteroatoms. The molecule has 0 amide bonds. The van der Waals surface area contributed by atoms with Crippen molar-refractivity contribution >= 4 is 35.2 Å². The van der Waals surface area contributed by atoms with Crippen molar-refractivity contribution in [3.05, 3.63) is 65.4 Å². The van der Waals surface area contributed by atoms with E-state index < -0.39 is 53.8 Å². The Morgan fingerprint density at radius 2 is 1.79 bits per heavy atom. The van der Waals surface area contributed by atoms with E-state index >= 15 is 0 Å². The molecule has 0 spiro atoms. The molecule has 1 fully saturated rings. The maximum Gasteiger partial charge on any atom is 0.320 e. The number of para-hydroxylation sites is 1. The van der Waals surface area contributed by atoms with Gasteiger partial charge in [-0.15, -0.1) is 0 Å². The van der Waals surface area contributed by atoms with Crippen LogP contribution in [0.15, 0.2) is 53.4 Å². The molecule has 2 heterocycles. The van der Waals surface area contributed by atoms with Gasteiger partial charge in [0.1, 0.15) is 5.41 Å². The molecule has 1 saturated heterocycles. The van der Waals surface area contributed by atoms with E-state index in [1.54, 1.807) is 24.3 Å². The summed E-state index contributed by atoms with van der Waals surface area (Å²) in [6, 6.07) is 14.1. The number of aryl methyl sites for hydroxylation is 1. The number of aliphatic hydroxyl groups is 2. The highest BCUT2D eigenvalue weighted by Gasteiger charge is 2.67. The van der Waals surface area contributed by atoms with E-state index in [9.17, 15) is 23.4 Å². The van der Waals surface area contributed by atoms with Gasteiger partial charge in [-0.2, -0.15) is 4.31 Å². The lowest BCUT2D eigenvalue weighted by molar-refractivity contribution is -0.173. The summed E-state index contributed by atoms with van der Waals surface area (Å²) in [5.74, 6) is -2.24. The van der Waals surface area contributed by atoms with E-state index in [2.05, 4.69) is 38.8 Å². The molecule has 9 nitrogen and oxygen atoms in total. The number of hydrogen-bond acceptors (Lipinski definition) is 7. The summed E-state index contributed by atoms with van der Waals surface area (Å²) in [7, 11) is -5.07. The van der Waals surface area contributed by atoms with E-state index in [-0.39, 0.29) is 36.1 Å². The van der Waals surface area contributed by atoms with Crippen LogP contribution in [-0.4, -0.2) is 81.2 Å². The average molecular weight is 629 g/mol. The Kier molecular flexibility index (Phi) is 8.01. The Balaban J connectivity index is 1.72. The summed E-state index contributed by atoms with van der Waals surface area (Å²) >= 11 is 0. The molecular formula is C32H44N2O7SSi. The molecule has 3 N–H and O–H groups in total. The van der Waals surface area contributed by atoms with Gasteiger partial charge in [0.05, 0.1) is 30.8 Å². The highest BCUT2D eigenvalue weighted by Crippen LogP contribution is 2.58. The number of nitrogens with one attached hydrogen (secondary N) is 1. The number of carbonyl (C=O) groups excluding carboxylic acids is 1. The number of benzene rings is 2. The number of esters is 1. The molecule has 1 aromatic heterocycles. The van der Waals surface area contributed by atoms with Gasteiger partial charge >= 0.3 is 5.97 Å². The summed E-state index contributed by atoms with van der Waals surface area (Å²) in [6.45, 7) is 11.7. The molecule has 1 aliphatic carbocycles. The number of methoxy groups -OCH3 is 1. The van der Waals surface area contributed by atoms with Crippen LogP contribution in [0.3, 0.4) is 0 Å². The predicted molar refractivity (Wildman–Crippen MR) is 168 cm³/mol. The van der Waals surface area contributed by atoms with Crippen molar-refractivity contribution in [2.75, 3.05) is 33.4 Å². The molecule has 1 aliphatic heterocycles. The Morgan fingerprint density at radius 1 is 1.14 bits per heavy atom. The van der Waals surface area contributed by atoms with Gasteiger partial charge in [-0.05, 0) is 55.2 Å². The number of carbonyl (C=O) groups is 1. The van der Waals surface area contributed by atoms with Crippen LogP contribution in [0.5, 0.6) is 0 Å². The molecule has 0 radical (unpaired) electrons. The van der Waals surface area contributed by atoms with E-state index in [0.29, 0.717) is 11.3 Å². The zero-order chi connectivity index (χ0) is 31.6. The largest absolute Gasteiger partial charge is 0.468 e. The monoisotopic (exact) mass is 628 g/mol. The number of H-pyrrole nitrogens is 1. The van der Waals surface area contributed by atoms with Gasteiger partial charge in [0.2, 0.25) is 10.0 Å². The first kappa shape index (κ1) is 31.9. The smallest absolute Gasteiger partial charge is 0.320 e. The quantitative estimate of drug-likeness (QED) is 0.261. The van der Waals surface area contributed by atoms with Gasteiger partial charge in [0.15, 0.2) is 8.32 Å². The average Bonchev–Trinajstić information content (AvgIpc) is 3.33. The van der Waals surface area contributed by atoms with Gasteiger partial charge in [0.25, 0.3) is 0 Å². The molecule has 5 rings (SSSR count). The second-order valence-electron chi connectivity index (χ2n) is 13.7. The highest BCUT2D eigenvalue weighted by molar-refractivity contribution is 7.89. The molecule has 0 bridgehead atoms. The molecule has 2 aliphatic rings. The molecule has 2 aromatic carbocycles. The lowest BCUT2D eigenvalue weighted by Crippen LogP contribution is -2.69. The molecule has 43 heavy (non-hydrogen) atoms. The van der Waals surface area contributed by atoms with Crippen LogP contribution in [0.2, 0.25) is 18.1 Å². The number of rotatable bonds is 7. The Hall–Kier alpha value is -2.54. The molecule has 0 unspecified atom stereocenters. The number of ether oxygens (including phenoxy) is 1. The topological polar surface area (TPSA) is 129 Å². The third kappa shape index (κ3) is 4.88. The summed E-state index contributed by atoms with van der Waals surface area (Å²) < 4.78 is 41.3. The van der Waals surface area contributed by atoms with E-state index in [4.69, 9.17) is 9.16 Å². The van der Waals surface area contributed by atoms with Crippen LogP contribution in [0.25, 0.3) is 10.9 Å². The number of hydrogen-bond donors (Lipinski definition) is 3. The van der Waals surface area contributed by atoms with Crippen molar-refractivity contribution in [2.45, 2.75) is 74.1 Å². The molecule has 3 aromatic rings. The van der Waals surface area contributed by atoms with Crippen LogP contribution < -0.4 is 0 Å². The maximum atomic E-state index is 14.2. The van der Waals surface area contributed by atoms with Gasteiger partial charge in [-0.3, -0.25) is 4.79 Å². The van der Waals surface area contributed by atoms with Crippen molar-refractivity contribution in [3.63, 3.8) is 0 Å². The Bertz CT molecular complexity index is 1630. The van der Waals surface area contributed by atoms with Crippen LogP contribution in [0, 0.1) is 12.8 Å². The minimum atomic E-state index is -3.98. The number of β-amino-alcohol motifs (C(OH)–C–C–N with tert-alkyl or cyclic N) is 1. The number of aromatic amines is 1. The number of aliphatic hydroxyl groups excluding tert-OH is 1. The first-order valence-corrected chi connectivity index (χ1v) is 19.1. The predicted octanol–water partition coefficient (Wildman–Crippen LogP) is 4.44. The molecular weight excluding hydrogens is 585 g/mol. The number of nitrogens with zero attached hydrogens (tertiary/aromatic N) is 1. The number of aromatic nitrogens is 1. The molecule has 234 valence electrons. The van der Waals surface area contributed by atoms with Crippen LogP contribution in [-0.2, 0) is 29.4 Å². The van der Waals surface area contributed by atoms with Crippen molar-refractivity contribution < 1.29 is 32.6 Å². The fourth-order valence-electron chi connectivity index (χ4n) is 6.81. The van der Waals surface area contributed by atoms with Gasteiger partial charge in [-0.25, -0.2) is 8.42 Å². The first-order chi connectivity index (χ1) is 20.0. The summed E-state index contributed by atoms with van der Waals surface area (Å²) in [4.78, 5) is 17.8. The second kappa shape index (κ2) is 10.8. The minimum Gasteiger partial charge on any atom is -0.468 e. The van der Waals surface area contributed by atoms with E-state index in [0.717, 1.165) is 16.5 Å². The van der Waals surface area contributed by atoms with Gasteiger partial charge < -0.3 is 24.4 Å². The van der Waals surface area contributed by atoms with E-state index in [1.165, 1.54) is 11.4 Å². The van der Waals surface area contributed by atoms with Gasteiger partial charge in [0, 0.05) is 41.5 Å². The SMILES string of the molecule is COC(=O)[C@]1(CO[Si](C)(C)C(C)(C)C)c2[nH]c3ccccc3c2[C@@H](CO)[C@]2(O)CN(S(=O)(=O)c3ccc(C)cc3)CC[C@@H]21. The molecule has 4 atom stereocenters.